The van der Waals surface area contributed by atoms with Crippen LogP contribution in [0, 0.1) is 11.8 Å². The third-order valence-corrected chi connectivity index (χ3v) is 3.75. The van der Waals surface area contributed by atoms with E-state index in [9.17, 15) is 4.79 Å². The average molecular weight is 226 g/mol. The molecule has 0 spiro atoms. The van der Waals surface area contributed by atoms with Crippen LogP contribution in [0.5, 0.6) is 0 Å². The molecule has 1 saturated heterocycles. The standard InChI is InChI=1S/C12H22N2O2/c13-11-8-16-7-10(11)12(15)14-6-9-4-2-1-3-5-9/h9-11H,1-8,13H2,(H,14,15). The highest BCUT2D eigenvalue weighted by Gasteiger charge is 2.31. The summed E-state index contributed by atoms with van der Waals surface area (Å²) in [7, 11) is 0. The number of nitrogens with one attached hydrogen (secondary N) is 1. The molecule has 3 N–H and O–H groups in total. The largest absolute Gasteiger partial charge is 0.379 e. The van der Waals surface area contributed by atoms with Gasteiger partial charge in [0.2, 0.25) is 5.91 Å². The van der Waals surface area contributed by atoms with Gasteiger partial charge in [0.1, 0.15) is 0 Å². The highest BCUT2D eigenvalue weighted by Crippen LogP contribution is 2.23. The van der Waals surface area contributed by atoms with E-state index in [0.717, 1.165) is 6.54 Å². The van der Waals surface area contributed by atoms with Gasteiger partial charge in [-0.1, -0.05) is 19.3 Å². The van der Waals surface area contributed by atoms with Crippen molar-refractivity contribution in [2.24, 2.45) is 17.6 Å². The molecule has 2 unspecified atom stereocenters. The third kappa shape index (κ3) is 2.95. The number of hydrogen-bond acceptors (Lipinski definition) is 3. The van der Waals surface area contributed by atoms with Gasteiger partial charge in [0.05, 0.1) is 19.1 Å². The van der Waals surface area contributed by atoms with E-state index in [1.54, 1.807) is 0 Å². The molecule has 2 fully saturated rings. The molecular weight excluding hydrogens is 204 g/mol. The Morgan fingerprint density at radius 3 is 2.62 bits per heavy atom. The van der Waals surface area contributed by atoms with Crippen LogP contribution in [0.1, 0.15) is 32.1 Å². The van der Waals surface area contributed by atoms with Crippen LogP contribution in [-0.4, -0.2) is 31.7 Å². The summed E-state index contributed by atoms with van der Waals surface area (Å²) in [6.45, 7) is 1.82. The Bertz CT molecular complexity index is 239. The molecule has 0 aromatic carbocycles. The predicted octanol–water partition coefficient (Wildman–Crippen LogP) is 0.657. The van der Waals surface area contributed by atoms with Crippen molar-refractivity contribution in [1.29, 1.82) is 0 Å². The van der Waals surface area contributed by atoms with Gasteiger partial charge in [-0.15, -0.1) is 0 Å². The Balaban J connectivity index is 1.70. The second-order valence-corrected chi connectivity index (χ2v) is 5.06. The smallest absolute Gasteiger partial charge is 0.227 e. The number of nitrogens with two attached hydrogens (primary N) is 1. The summed E-state index contributed by atoms with van der Waals surface area (Å²) >= 11 is 0. The molecule has 4 heteroatoms. The quantitative estimate of drug-likeness (QED) is 0.743. The van der Waals surface area contributed by atoms with E-state index in [1.165, 1.54) is 32.1 Å². The molecule has 0 bridgehead atoms. The maximum absolute atomic E-state index is 11.8. The minimum atomic E-state index is -0.136. The van der Waals surface area contributed by atoms with Gasteiger partial charge < -0.3 is 15.8 Å². The van der Waals surface area contributed by atoms with E-state index in [1.807, 2.05) is 0 Å². The molecule has 2 atom stereocenters. The molecule has 1 saturated carbocycles. The Kier molecular flexibility index (Phi) is 4.18. The molecule has 0 aromatic heterocycles. The zero-order chi connectivity index (χ0) is 11.4. The normalized spacial score (nSPS) is 31.6. The van der Waals surface area contributed by atoms with Crippen LogP contribution in [0.2, 0.25) is 0 Å². The summed E-state index contributed by atoms with van der Waals surface area (Å²) in [4.78, 5) is 11.8. The van der Waals surface area contributed by atoms with Gasteiger partial charge in [-0.2, -0.15) is 0 Å². The topological polar surface area (TPSA) is 64.3 Å². The molecule has 1 aliphatic carbocycles. The Morgan fingerprint density at radius 2 is 2.00 bits per heavy atom. The molecule has 1 heterocycles. The van der Waals surface area contributed by atoms with Gasteiger partial charge in [-0.05, 0) is 18.8 Å². The number of hydrogen-bond donors (Lipinski definition) is 2. The monoisotopic (exact) mass is 226 g/mol. The van der Waals surface area contributed by atoms with Crippen molar-refractivity contribution in [2.45, 2.75) is 38.1 Å². The molecule has 0 aromatic rings. The minimum Gasteiger partial charge on any atom is -0.379 e. The minimum absolute atomic E-state index is 0.0792. The first kappa shape index (κ1) is 11.9. The van der Waals surface area contributed by atoms with Crippen molar-refractivity contribution < 1.29 is 9.53 Å². The number of ether oxygens (including phenoxy) is 1. The van der Waals surface area contributed by atoms with E-state index in [-0.39, 0.29) is 17.9 Å². The van der Waals surface area contributed by atoms with Crippen molar-refractivity contribution in [1.82, 2.24) is 5.32 Å². The fraction of sp³-hybridized carbons (Fsp3) is 0.917. The Labute approximate surface area is 96.9 Å². The molecule has 1 aliphatic heterocycles. The molecule has 2 rings (SSSR count). The molecule has 1 amide bonds. The SMILES string of the molecule is NC1COCC1C(=O)NCC1CCCCC1. The van der Waals surface area contributed by atoms with Crippen LogP contribution in [0.25, 0.3) is 0 Å². The lowest BCUT2D eigenvalue weighted by Crippen LogP contribution is -2.42. The van der Waals surface area contributed by atoms with E-state index in [2.05, 4.69) is 5.32 Å². The van der Waals surface area contributed by atoms with E-state index < -0.39 is 0 Å². The van der Waals surface area contributed by atoms with Crippen molar-refractivity contribution in [3.05, 3.63) is 0 Å². The van der Waals surface area contributed by atoms with Crippen LogP contribution < -0.4 is 11.1 Å². The summed E-state index contributed by atoms with van der Waals surface area (Å²) in [6, 6.07) is -0.119. The van der Waals surface area contributed by atoms with Crippen LogP contribution in [0.4, 0.5) is 0 Å². The predicted molar refractivity (Wildman–Crippen MR) is 61.9 cm³/mol. The van der Waals surface area contributed by atoms with Crippen molar-refractivity contribution in [2.75, 3.05) is 19.8 Å². The lowest BCUT2D eigenvalue weighted by molar-refractivity contribution is -0.125. The number of amides is 1. The van der Waals surface area contributed by atoms with Crippen LogP contribution in [0.3, 0.4) is 0 Å². The van der Waals surface area contributed by atoms with Crippen molar-refractivity contribution in [3.63, 3.8) is 0 Å². The lowest BCUT2D eigenvalue weighted by Gasteiger charge is -2.23. The third-order valence-electron chi connectivity index (χ3n) is 3.75. The van der Waals surface area contributed by atoms with Gasteiger partial charge in [0.15, 0.2) is 0 Å². The van der Waals surface area contributed by atoms with Crippen LogP contribution in [0.15, 0.2) is 0 Å². The molecule has 92 valence electrons. The maximum atomic E-state index is 11.8. The number of rotatable bonds is 3. The summed E-state index contributed by atoms with van der Waals surface area (Å²) < 4.78 is 5.20. The first-order chi connectivity index (χ1) is 7.77. The summed E-state index contributed by atoms with van der Waals surface area (Å²) in [5, 5.41) is 3.03. The summed E-state index contributed by atoms with van der Waals surface area (Å²) in [5.41, 5.74) is 5.80. The first-order valence-electron chi connectivity index (χ1n) is 6.38. The van der Waals surface area contributed by atoms with Crippen LogP contribution >= 0.6 is 0 Å². The Hall–Kier alpha value is -0.610. The number of carbonyl (C=O) groups is 1. The van der Waals surface area contributed by atoms with Crippen LogP contribution in [-0.2, 0) is 9.53 Å². The van der Waals surface area contributed by atoms with Gasteiger partial charge in [0, 0.05) is 12.6 Å². The van der Waals surface area contributed by atoms with E-state index in [4.69, 9.17) is 10.5 Å². The molecule has 4 nitrogen and oxygen atoms in total. The maximum Gasteiger partial charge on any atom is 0.227 e. The molecular formula is C12H22N2O2. The van der Waals surface area contributed by atoms with E-state index >= 15 is 0 Å². The van der Waals surface area contributed by atoms with Gasteiger partial charge in [-0.25, -0.2) is 0 Å². The van der Waals surface area contributed by atoms with Crippen molar-refractivity contribution in [3.8, 4) is 0 Å². The van der Waals surface area contributed by atoms with Gasteiger partial charge in [0.25, 0.3) is 0 Å². The molecule has 2 aliphatic rings. The lowest BCUT2D eigenvalue weighted by atomic mass is 9.89. The summed E-state index contributed by atoms with van der Waals surface area (Å²) in [5.74, 6) is 0.621. The van der Waals surface area contributed by atoms with E-state index in [0.29, 0.717) is 19.1 Å². The first-order valence-corrected chi connectivity index (χ1v) is 6.38. The average Bonchev–Trinajstić information content (AvgIpc) is 2.74. The molecule has 0 radical (unpaired) electrons. The van der Waals surface area contributed by atoms with Crippen molar-refractivity contribution >= 4 is 5.91 Å². The highest BCUT2D eigenvalue weighted by atomic mass is 16.5. The van der Waals surface area contributed by atoms with Gasteiger partial charge in [-0.3, -0.25) is 4.79 Å². The summed E-state index contributed by atoms with van der Waals surface area (Å²) in [6.07, 6.45) is 6.49. The highest BCUT2D eigenvalue weighted by molar-refractivity contribution is 5.79. The number of carbonyl (C=O) groups excluding carboxylic acids is 1. The fourth-order valence-corrected chi connectivity index (χ4v) is 2.61. The Morgan fingerprint density at radius 1 is 1.25 bits per heavy atom. The molecule has 16 heavy (non-hydrogen) atoms. The second-order valence-electron chi connectivity index (χ2n) is 5.06. The zero-order valence-electron chi connectivity index (χ0n) is 9.78. The zero-order valence-corrected chi connectivity index (χ0v) is 9.78. The fourth-order valence-electron chi connectivity index (χ4n) is 2.61. The van der Waals surface area contributed by atoms with Gasteiger partial charge >= 0.3 is 0 Å². The second kappa shape index (κ2) is 5.64.